The van der Waals surface area contributed by atoms with E-state index in [0.717, 1.165) is 25.3 Å². The first-order chi connectivity index (χ1) is 8.38. The van der Waals surface area contributed by atoms with Gasteiger partial charge < -0.3 is 10.1 Å². The fraction of sp³-hybridized carbons (Fsp3) is 0.286. The van der Waals surface area contributed by atoms with Crippen molar-refractivity contribution >= 4 is 11.3 Å². The van der Waals surface area contributed by atoms with Crippen molar-refractivity contribution in [3.63, 3.8) is 0 Å². The van der Waals surface area contributed by atoms with E-state index in [4.69, 9.17) is 4.74 Å². The zero-order valence-corrected chi connectivity index (χ0v) is 10.8. The van der Waals surface area contributed by atoms with Gasteiger partial charge in [0, 0.05) is 6.54 Å². The first-order valence-electron chi connectivity index (χ1n) is 5.73. The first kappa shape index (κ1) is 12.1. The maximum absolute atomic E-state index is 5.20. The van der Waals surface area contributed by atoms with Gasteiger partial charge in [-0.15, -0.1) is 0 Å². The van der Waals surface area contributed by atoms with E-state index in [-0.39, 0.29) is 0 Å². The van der Waals surface area contributed by atoms with Gasteiger partial charge in [-0.25, -0.2) is 0 Å². The lowest BCUT2D eigenvalue weighted by Gasteiger charge is -2.05. The Morgan fingerprint density at radius 2 is 2.18 bits per heavy atom. The highest BCUT2D eigenvalue weighted by molar-refractivity contribution is 7.07. The molecular formula is C14H17NOS. The zero-order valence-electron chi connectivity index (χ0n) is 9.98. The maximum Gasteiger partial charge on any atom is 0.119 e. The molecule has 0 unspecified atom stereocenters. The van der Waals surface area contributed by atoms with Gasteiger partial charge in [-0.3, -0.25) is 0 Å². The van der Waals surface area contributed by atoms with Crippen LogP contribution >= 0.6 is 11.3 Å². The summed E-state index contributed by atoms with van der Waals surface area (Å²) in [5, 5.41) is 7.73. The summed E-state index contributed by atoms with van der Waals surface area (Å²) in [4.78, 5) is 0. The Hall–Kier alpha value is -1.32. The Bertz CT molecular complexity index is 439. The Morgan fingerprint density at radius 1 is 1.24 bits per heavy atom. The quantitative estimate of drug-likeness (QED) is 0.792. The van der Waals surface area contributed by atoms with Crippen LogP contribution in [0.2, 0.25) is 0 Å². The zero-order chi connectivity index (χ0) is 11.9. The van der Waals surface area contributed by atoms with Crippen molar-refractivity contribution in [3.8, 4) is 5.75 Å². The van der Waals surface area contributed by atoms with Crippen molar-refractivity contribution in [2.75, 3.05) is 13.7 Å². The van der Waals surface area contributed by atoms with E-state index in [0.29, 0.717) is 0 Å². The molecule has 2 rings (SSSR count). The average Bonchev–Trinajstić information content (AvgIpc) is 2.88. The van der Waals surface area contributed by atoms with Crippen LogP contribution < -0.4 is 10.1 Å². The summed E-state index contributed by atoms with van der Waals surface area (Å²) in [6.45, 7) is 1.94. The summed E-state index contributed by atoms with van der Waals surface area (Å²) in [7, 11) is 1.70. The van der Waals surface area contributed by atoms with Crippen molar-refractivity contribution in [2.24, 2.45) is 0 Å². The Balaban J connectivity index is 1.74. The number of methoxy groups -OCH3 is 1. The van der Waals surface area contributed by atoms with Crippen LogP contribution in [0, 0.1) is 0 Å². The summed E-state index contributed by atoms with van der Waals surface area (Å²) in [5.74, 6) is 0.931. The van der Waals surface area contributed by atoms with Crippen LogP contribution in [0.1, 0.15) is 11.1 Å². The van der Waals surface area contributed by atoms with Crippen molar-refractivity contribution in [2.45, 2.75) is 13.0 Å². The number of benzene rings is 1. The van der Waals surface area contributed by atoms with E-state index in [1.165, 1.54) is 11.1 Å². The van der Waals surface area contributed by atoms with Crippen LogP contribution in [0.15, 0.2) is 41.1 Å². The predicted molar refractivity (Wildman–Crippen MR) is 72.7 cm³/mol. The number of rotatable bonds is 6. The van der Waals surface area contributed by atoms with E-state index in [9.17, 15) is 0 Å². The lowest BCUT2D eigenvalue weighted by Crippen LogP contribution is -2.16. The molecule has 0 fully saturated rings. The van der Waals surface area contributed by atoms with Crippen LogP contribution in [0.3, 0.4) is 0 Å². The van der Waals surface area contributed by atoms with Gasteiger partial charge in [0.1, 0.15) is 5.75 Å². The van der Waals surface area contributed by atoms with Gasteiger partial charge in [-0.1, -0.05) is 12.1 Å². The highest BCUT2D eigenvalue weighted by atomic mass is 32.1. The second-order valence-corrected chi connectivity index (χ2v) is 4.69. The lowest BCUT2D eigenvalue weighted by molar-refractivity contribution is 0.414. The standard InChI is InChI=1S/C14H17NOS/c1-16-14-4-2-3-12(9-14)5-7-15-10-13-6-8-17-11-13/h2-4,6,8-9,11,15H,5,7,10H2,1H3. The molecule has 90 valence electrons. The van der Waals surface area contributed by atoms with Crippen molar-refractivity contribution in [1.29, 1.82) is 0 Å². The molecule has 0 aliphatic carbocycles. The molecule has 0 amide bonds. The van der Waals surface area contributed by atoms with Crippen molar-refractivity contribution < 1.29 is 4.74 Å². The normalized spacial score (nSPS) is 10.4. The molecule has 1 heterocycles. The molecule has 17 heavy (non-hydrogen) atoms. The molecule has 0 radical (unpaired) electrons. The van der Waals surface area contributed by atoms with E-state index in [2.05, 4.69) is 34.3 Å². The third-order valence-electron chi connectivity index (χ3n) is 2.63. The second-order valence-electron chi connectivity index (χ2n) is 3.91. The Labute approximate surface area is 106 Å². The topological polar surface area (TPSA) is 21.3 Å². The van der Waals surface area contributed by atoms with Crippen molar-refractivity contribution in [1.82, 2.24) is 5.32 Å². The average molecular weight is 247 g/mol. The van der Waals surface area contributed by atoms with Gasteiger partial charge in [0.25, 0.3) is 0 Å². The van der Waals surface area contributed by atoms with Crippen LogP contribution in [-0.2, 0) is 13.0 Å². The fourth-order valence-corrected chi connectivity index (χ4v) is 2.36. The number of hydrogen-bond acceptors (Lipinski definition) is 3. The van der Waals surface area contributed by atoms with Gasteiger partial charge in [-0.2, -0.15) is 11.3 Å². The summed E-state index contributed by atoms with van der Waals surface area (Å²) in [5.41, 5.74) is 2.67. The molecule has 1 aromatic heterocycles. The van der Waals surface area contributed by atoms with Gasteiger partial charge in [0.05, 0.1) is 7.11 Å². The van der Waals surface area contributed by atoms with Crippen molar-refractivity contribution in [3.05, 3.63) is 52.2 Å². The van der Waals surface area contributed by atoms with Gasteiger partial charge in [0.2, 0.25) is 0 Å². The fourth-order valence-electron chi connectivity index (χ4n) is 1.69. The van der Waals surface area contributed by atoms with E-state index in [1.54, 1.807) is 18.4 Å². The third-order valence-corrected chi connectivity index (χ3v) is 3.37. The number of hydrogen-bond donors (Lipinski definition) is 1. The molecule has 1 N–H and O–H groups in total. The third kappa shape index (κ3) is 3.88. The predicted octanol–water partition coefficient (Wildman–Crippen LogP) is 3.09. The smallest absolute Gasteiger partial charge is 0.119 e. The number of nitrogens with one attached hydrogen (secondary N) is 1. The van der Waals surface area contributed by atoms with Crippen LogP contribution in [0.25, 0.3) is 0 Å². The highest BCUT2D eigenvalue weighted by Crippen LogP contribution is 2.12. The minimum absolute atomic E-state index is 0.931. The molecule has 0 spiro atoms. The lowest BCUT2D eigenvalue weighted by atomic mass is 10.1. The van der Waals surface area contributed by atoms with Crippen LogP contribution in [0.4, 0.5) is 0 Å². The molecular weight excluding hydrogens is 230 g/mol. The minimum atomic E-state index is 0.931. The molecule has 0 aliphatic rings. The Kier molecular flexibility index (Phi) is 4.59. The molecule has 2 nitrogen and oxygen atoms in total. The molecule has 0 saturated heterocycles. The van der Waals surface area contributed by atoms with Crippen LogP contribution in [0.5, 0.6) is 5.75 Å². The molecule has 3 heteroatoms. The summed E-state index contributed by atoms with van der Waals surface area (Å²) >= 11 is 1.74. The molecule has 2 aromatic rings. The first-order valence-corrected chi connectivity index (χ1v) is 6.67. The molecule has 1 aromatic carbocycles. The van der Waals surface area contributed by atoms with E-state index >= 15 is 0 Å². The number of thiophene rings is 1. The van der Waals surface area contributed by atoms with Gasteiger partial charge in [-0.05, 0) is 53.1 Å². The molecule has 0 saturated carbocycles. The SMILES string of the molecule is COc1cccc(CCNCc2ccsc2)c1. The van der Waals surface area contributed by atoms with E-state index < -0.39 is 0 Å². The maximum atomic E-state index is 5.20. The van der Waals surface area contributed by atoms with Gasteiger partial charge >= 0.3 is 0 Å². The molecule has 0 aliphatic heterocycles. The Morgan fingerprint density at radius 3 is 2.94 bits per heavy atom. The van der Waals surface area contributed by atoms with Gasteiger partial charge in [0.15, 0.2) is 0 Å². The van der Waals surface area contributed by atoms with Crippen LogP contribution in [-0.4, -0.2) is 13.7 Å². The monoisotopic (exact) mass is 247 g/mol. The molecule has 0 bridgehead atoms. The molecule has 0 atom stereocenters. The summed E-state index contributed by atoms with van der Waals surface area (Å²) in [6.07, 6.45) is 1.03. The summed E-state index contributed by atoms with van der Waals surface area (Å²) in [6, 6.07) is 10.4. The minimum Gasteiger partial charge on any atom is -0.497 e. The number of ether oxygens (including phenoxy) is 1. The summed E-state index contributed by atoms with van der Waals surface area (Å²) < 4.78 is 5.20. The largest absolute Gasteiger partial charge is 0.497 e. The second kappa shape index (κ2) is 6.42. The highest BCUT2D eigenvalue weighted by Gasteiger charge is 1.96. The van der Waals surface area contributed by atoms with E-state index in [1.807, 2.05) is 12.1 Å².